The van der Waals surface area contributed by atoms with Crippen molar-refractivity contribution in [2.75, 3.05) is 33.4 Å². The monoisotopic (exact) mass is 408 g/mol. The van der Waals surface area contributed by atoms with Gasteiger partial charge < -0.3 is 14.2 Å². The minimum absolute atomic E-state index is 0.0759. The molecular formula is C18H20N2O7S. The Kier molecular flexibility index (Phi) is 5.82. The van der Waals surface area contributed by atoms with Crippen molar-refractivity contribution in [3.8, 4) is 17.2 Å². The van der Waals surface area contributed by atoms with Gasteiger partial charge in [-0.1, -0.05) is 6.07 Å². The van der Waals surface area contributed by atoms with E-state index < -0.39 is 20.6 Å². The van der Waals surface area contributed by atoms with Crippen molar-refractivity contribution in [3.05, 3.63) is 52.1 Å². The highest BCUT2D eigenvalue weighted by atomic mass is 32.2. The highest BCUT2D eigenvalue weighted by molar-refractivity contribution is 7.89. The van der Waals surface area contributed by atoms with Crippen molar-refractivity contribution in [1.29, 1.82) is 0 Å². The maximum atomic E-state index is 12.8. The van der Waals surface area contributed by atoms with Crippen molar-refractivity contribution in [2.24, 2.45) is 0 Å². The Labute approximate surface area is 162 Å². The first-order chi connectivity index (χ1) is 13.3. The number of rotatable bonds is 6. The molecule has 1 aliphatic heterocycles. The van der Waals surface area contributed by atoms with Gasteiger partial charge in [0.05, 0.1) is 30.1 Å². The van der Waals surface area contributed by atoms with Crippen molar-refractivity contribution in [1.82, 2.24) is 4.31 Å². The molecule has 0 radical (unpaired) electrons. The van der Waals surface area contributed by atoms with Gasteiger partial charge in [-0.3, -0.25) is 10.1 Å². The van der Waals surface area contributed by atoms with Gasteiger partial charge in [0.15, 0.2) is 11.5 Å². The second-order valence-electron chi connectivity index (χ2n) is 6.16. The molecule has 0 saturated carbocycles. The van der Waals surface area contributed by atoms with Gasteiger partial charge in [-0.15, -0.1) is 0 Å². The summed E-state index contributed by atoms with van der Waals surface area (Å²) >= 11 is 0. The highest BCUT2D eigenvalue weighted by Gasteiger charge is 2.29. The summed E-state index contributed by atoms with van der Waals surface area (Å²) in [5, 5.41) is 11.5. The number of nitro groups is 1. The van der Waals surface area contributed by atoms with E-state index in [1.54, 1.807) is 18.2 Å². The Bertz CT molecular complexity index is 985. The van der Waals surface area contributed by atoms with Gasteiger partial charge >= 0.3 is 5.69 Å². The van der Waals surface area contributed by atoms with Crippen LogP contribution in [0, 0.1) is 17.0 Å². The summed E-state index contributed by atoms with van der Waals surface area (Å²) in [6.45, 7) is 2.86. The number of nitrogens with zero attached hydrogens (tertiary/aromatic N) is 2. The van der Waals surface area contributed by atoms with Crippen LogP contribution in [0.4, 0.5) is 5.69 Å². The lowest BCUT2D eigenvalue weighted by molar-refractivity contribution is -0.385. The molecule has 0 N–H and O–H groups in total. The summed E-state index contributed by atoms with van der Waals surface area (Å²) in [4.78, 5) is 10.7. The first-order valence-corrected chi connectivity index (χ1v) is 9.96. The van der Waals surface area contributed by atoms with E-state index in [1.807, 2.05) is 6.92 Å². The lowest BCUT2D eigenvalue weighted by Crippen LogP contribution is -2.40. The molecule has 28 heavy (non-hydrogen) atoms. The Morgan fingerprint density at radius 3 is 2.39 bits per heavy atom. The molecule has 1 saturated heterocycles. The molecule has 2 aromatic rings. The number of ether oxygens (including phenoxy) is 3. The van der Waals surface area contributed by atoms with Crippen LogP contribution in [0.15, 0.2) is 41.3 Å². The van der Waals surface area contributed by atoms with Crippen LogP contribution >= 0.6 is 0 Å². The van der Waals surface area contributed by atoms with Crippen molar-refractivity contribution in [2.45, 2.75) is 11.8 Å². The van der Waals surface area contributed by atoms with E-state index in [0.717, 1.165) is 11.6 Å². The zero-order chi connectivity index (χ0) is 20.3. The predicted molar refractivity (Wildman–Crippen MR) is 100 cm³/mol. The maximum absolute atomic E-state index is 12.8. The first kappa shape index (κ1) is 20.1. The Morgan fingerprint density at radius 1 is 1.07 bits per heavy atom. The second-order valence-corrected chi connectivity index (χ2v) is 8.10. The third-order valence-corrected chi connectivity index (χ3v) is 6.17. The Hall–Kier alpha value is -2.69. The number of nitro benzene ring substituents is 1. The number of morpholine rings is 1. The second kappa shape index (κ2) is 8.13. The normalized spacial score (nSPS) is 15.2. The van der Waals surface area contributed by atoms with Crippen LogP contribution in [-0.2, 0) is 14.8 Å². The molecular weight excluding hydrogens is 388 g/mol. The minimum Gasteiger partial charge on any atom is -0.493 e. The van der Waals surface area contributed by atoms with E-state index in [9.17, 15) is 18.5 Å². The summed E-state index contributed by atoms with van der Waals surface area (Å²) in [6.07, 6.45) is 0. The summed E-state index contributed by atoms with van der Waals surface area (Å²) in [5.41, 5.74) is 0.489. The molecule has 10 heteroatoms. The summed E-state index contributed by atoms with van der Waals surface area (Å²) in [7, 11) is -2.39. The molecule has 0 amide bonds. The van der Waals surface area contributed by atoms with Gasteiger partial charge in [-0.05, 0) is 36.8 Å². The van der Waals surface area contributed by atoms with Crippen LogP contribution in [0.25, 0.3) is 0 Å². The Morgan fingerprint density at radius 2 is 1.75 bits per heavy atom. The molecule has 150 valence electrons. The summed E-state index contributed by atoms with van der Waals surface area (Å²) in [6, 6.07) is 8.75. The minimum atomic E-state index is -3.86. The van der Waals surface area contributed by atoms with Gasteiger partial charge in [0, 0.05) is 19.2 Å². The fourth-order valence-corrected chi connectivity index (χ4v) is 4.23. The number of hydrogen-bond donors (Lipinski definition) is 0. The molecule has 2 aromatic carbocycles. The standard InChI is InChI=1S/C18H20N2O7S/c1-13-3-5-17(18(11-13)25-2)27-16-6-4-14(12-15(16)20(21)22)28(23,24)19-7-9-26-10-8-19/h3-6,11-12H,7-10H2,1-2H3. The Balaban J connectivity index is 1.97. The van der Waals surface area contributed by atoms with Crippen molar-refractivity contribution >= 4 is 15.7 Å². The lowest BCUT2D eigenvalue weighted by atomic mass is 10.2. The fraction of sp³-hybridized carbons (Fsp3) is 0.333. The third kappa shape index (κ3) is 4.08. The zero-order valence-corrected chi connectivity index (χ0v) is 16.3. The van der Waals surface area contributed by atoms with E-state index in [4.69, 9.17) is 14.2 Å². The molecule has 1 aliphatic rings. The van der Waals surface area contributed by atoms with E-state index in [0.29, 0.717) is 11.5 Å². The smallest absolute Gasteiger partial charge is 0.312 e. The van der Waals surface area contributed by atoms with Crippen LogP contribution in [0.3, 0.4) is 0 Å². The topological polar surface area (TPSA) is 108 Å². The van der Waals surface area contributed by atoms with Gasteiger partial charge in [0.1, 0.15) is 0 Å². The summed E-state index contributed by atoms with van der Waals surface area (Å²) < 4.78 is 42.8. The number of hydrogen-bond acceptors (Lipinski definition) is 7. The van der Waals surface area contributed by atoms with Gasteiger partial charge in [0.25, 0.3) is 0 Å². The third-order valence-electron chi connectivity index (χ3n) is 4.27. The summed E-state index contributed by atoms with van der Waals surface area (Å²) in [5.74, 6) is 0.632. The van der Waals surface area contributed by atoms with E-state index in [2.05, 4.69) is 0 Å². The molecule has 1 fully saturated rings. The average molecular weight is 408 g/mol. The van der Waals surface area contributed by atoms with Crippen LogP contribution < -0.4 is 9.47 Å². The van der Waals surface area contributed by atoms with Gasteiger partial charge in [0.2, 0.25) is 15.8 Å². The SMILES string of the molecule is COc1cc(C)ccc1Oc1ccc(S(=O)(=O)N2CCOCC2)cc1[N+](=O)[O-]. The molecule has 0 atom stereocenters. The fourth-order valence-electron chi connectivity index (χ4n) is 2.80. The van der Waals surface area contributed by atoms with Crippen molar-refractivity contribution < 1.29 is 27.6 Å². The van der Waals surface area contributed by atoms with Crippen LogP contribution in [0.1, 0.15) is 5.56 Å². The molecule has 0 bridgehead atoms. The molecule has 0 spiro atoms. The van der Waals surface area contributed by atoms with Gasteiger partial charge in [-0.2, -0.15) is 4.31 Å². The molecule has 1 heterocycles. The molecule has 0 aliphatic carbocycles. The molecule has 0 aromatic heterocycles. The average Bonchev–Trinajstić information content (AvgIpc) is 2.69. The quantitative estimate of drug-likeness (QED) is 0.534. The molecule has 9 nitrogen and oxygen atoms in total. The molecule has 0 unspecified atom stereocenters. The van der Waals surface area contributed by atoms with Gasteiger partial charge in [-0.25, -0.2) is 8.42 Å². The number of methoxy groups -OCH3 is 1. The van der Waals surface area contributed by atoms with Crippen molar-refractivity contribution in [3.63, 3.8) is 0 Å². The van der Waals surface area contributed by atoms with Crippen LogP contribution in [0.5, 0.6) is 17.2 Å². The maximum Gasteiger partial charge on any atom is 0.312 e. The predicted octanol–water partition coefficient (Wildman–Crippen LogP) is 2.73. The highest BCUT2D eigenvalue weighted by Crippen LogP contribution is 2.38. The van der Waals surface area contributed by atoms with Crippen LogP contribution in [0.2, 0.25) is 0 Å². The number of benzene rings is 2. The number of aryl methyl sites for hydroxylation is 1. The largest absolute Gasteiger partial charge is 0.493 e. The van der Waals surface area contributed by atoms with E-state index >= 15 is 0 Å². The number of sulfonamides is 1. The first-order valence-electron chi connectivity index (χ1n) is 8.52. The van der Waals surface area contributed by atoms with E-state index in [1.165, 1.54) is 23.5 Å². The molecule has 3 rings (SSSR count). The lowest BCUT2D eigenvalue weighted by Gasteiger charge is -2.26. The zero-order valence-electron chi connectivity index (χ0n) is 15.5. The van der Waals surface area contributed by atoms with E-state index in [-0.39, 0.29) is 36.9 Å². The van der Waals surface area contributed by atoms with Crippen LogP contribution in [-0.4, -0.2) is 51.1 Å².